The van der Waals surface area contributed by atoms with Crippen molar-refractivity contribution in [3.05, 3.63) is 66.0 Å². The van der Waals surface area contributed by atoms with Gasteiger partial charge >= 0.3 is 10.2 Å². The smallest absolute Gasteiger partial charge is 0.304 e. The van der Waals surface area contributed by atoms with E-state index in [0.29, 0.717) is 12.8 Å². The highest BCUT2D eigenvalue weighted by Crippen LogP contribution is 2.24. The summed E-state index contributed by atoms with van der Waals surface area (Å²) in [5.41, 5.74) is 0.759. The van der Waals surface area contributed by atoms with Crippen LogP contribution in [0.3, 0.4) is 0 Å². The molecule has 2 amide bonds. The van der Waals surface area contributed by atoms with Gasteiger partial charge in [-0.2, -0.15) is 12.7 Å². The summed E-state index contributed by atoms with van der Waals surface area (Å²) in [6, 6.07) is 14.3. The first-order chi connectivity index (χ1) is 17.6. The van der Waals surface area contributed by atoms with Crippen molar-refractivity contribution in [1.82, 2.24) is 14.5 Å². The maximum Gasteiger partial charge on any atom is 0.304 e. The Kier molecular flexibility index (Phi) is 10.0. The summed E-state index contributed by atoms with van der Waals surface area (Å²) in [7, 11) is -1.55. The van der Waals surface area contributed by atoms with Crippen LogP contribution in [0, 0.1) is 5.82 Å². The molecule has 1 unspecified atom stereocenters. The topological polar surface area (TPSA) is 90.0 Å². The summed E-state index contributed by atoms with van der Waals surface area (Å²) < 4.78 is 42.7. The summed E-state index contributed by atoms with van der Waals surface area (Å²) in [5, 5.41) is 3.07. The van der Waals surface area contributed by atoms with Gasteiger partial charge in [0.2, 0.25) is 11.8 Å². The molecule has 1 saturated carbocycles. The third-order valence-electron chi connectivity index (χ3n) is 6.71. The molecule has 2 aromatic rings. The maximum atomic E-state index is 14.7. The van der Waals surface area contributed by atoms with Gasteiger partial charge in [0.1, 0.15) is 18.4 Å². The number of carbonyl (C=O) groups excluding carboxylic acids is 2. The van der Waals surface area contributed by atoms with Gasteiger partial charge in [-0.3, -0.25) is 9.59 Å². The molecule has 1 atom stereocenters. The average Bonchev–Trinajstić information content (AvgIpc) is 3.38. The Labute approximate surface area is 219 Å². The highest BCUT2D eigenvalue weighted by molar-refractivity contribution is 7.90. The Morgan fingerprint density at radius 2 is 1.65 bits per heavy atom. The zero-order valence-corrected chi connectivity index (χ0v) is 22.6. The summed E-state index contributed by atoms with van der Waals surface area (Å²) in [5.74, 6) is -1.58. The molecule has 0 radical (unpaired) electrons. The molecule has 1 aliphatic carbocycles. The fourth-order valence-electron chi connectivity index (χ4n) is 4.62. The van der Waals surface area contributed by atoms with E-state index >= 15 is 0 Å². The van der Waals surface area contributed by atoms with Crippen LogP contribution in [0.4, 0.5) is 10.1 Å². The third kappa shape index (κ3) is 7.29. The first-order valence-corrected chi connectivity index (χ1v) is 14.1. The minimum Gasteiger partial charge on any atom is -0.352 e. The monoisotopic (exact) mass is 532 g/mol. The van der Waals surface area contributed by atoms with Gasteiger partial charge in [-0.05, 0) is 43.4 Å². The van der Waals surface area contributed by atoms with Crippen LogP contribution in [0.1, 0.15) is 44.6 Å². The molecule has 1 N–H and O–H groups in total. The van der Waals surface area contributed by atoms with Crippen molar-refractivity contribution in [3.63, 3.8) is 0 Å². The molecular formula is C27H37FN4O4S. The molecule has 10 heteroatoms. The second-order valence-corrected chi connectivity index (χ2v) is 11.6. The maximum absolute atomic E-state index is 14.7. The number of hydrogen-bond acceptors (Lipinski definition) is 4. The van der Waals surface area contributed by atoms with Crippen molar-refractivity contribution in [3.8, 4) is 0 Å². The summed E-state index contributed by atoms with van der Waals surface area (Å²) in [4.78, 5) is 28.5. The van der Waals surface area contributed by atoms with Crippen LogP contribution in [-0.4, -0.2) is 68.7 Å². The standard InChI is InChI=1S/C27H37FN4O4S/c1-4-24(27(34)29-22-14-8-9-15-22)31(19-18-21-12-6-5-7-13-21)26(33)20-32(37(35,36)30(2)3)25-17-11-10-16-23(25)28/h5-7,10-13,16-17,22,24H,4,8-9,14-15,18-20H2,1-3H3,(H,29,34). The number of amides is 2. The zero-order chi connectivity index (χ0) is 27.0. The fourth-order valence-corrected chi connectivity index (χ4v) is 5.68. The molecular weight excluding hydrogens is 495 g/mol. The number of halogens is 1. The molecule has 0 aliphatic heterocycles. The summed E-state index contributed by atoms with van der Waals surface area (Å²) in [6.45, 7) is 1.41. The number of nitrogens with zero attached hydrogens (tertiary/aromatic N) is 3. The largest absolute Gasteiger partial charge is 0.352 e. The molecule has 202 valence electrons. The normalized spacial score (nSPS) is 14.9. The zero-order valence-electron chi connectivity index (χ0n) is 21.8. The van der Waals surface area contributed by atoms with E-state index < -0.39 is 34.5 Å². The van der Waals surface area contributed by atoms with E-state index in [4.69, 9.17) is 0 Å². The number of hydrogen-bond donors (Lipinski definition) is 1. The van der Waals surface area contributed by atoms with Crippen LogP contribution >= 0.6 is 0 Å². The van der Waals surface area contributed by atoms with Crippen molar-refractivity contribution >= 4 is 27.7 Å². The molecule has 0 heterocycles. The van der Waals surface area contributed by atoms with Crippen LogP contribution in [0.5, 0.6) is 0 Å². The van der Waals surface area contributed by atoms with Crippen LogP contribution in [0.15, 0.2) is 54.6 Å². The van der Waals surface area contributed by atoms with Crippen molar-refractivity contribution in [2.75, 3.05) is 31.5 Å². The van der Waals surface area contributed by atoms with E-state index in [1.54, 1.807) is 0 Å². The van der Waals surface area contributed by atoms with E-state index in [2.05, 4.69) is 5.32 Å². The molecule has 1 aliphatic rings. The Morgan fingerprint density at radius 1 is 1.03 bits per heavy atom. The lowest BCUT2D eigenvalue weighted by Gasteiger charge is -2.34. The molecule has 1 fully saturated rings. The predicted molar refractivity (Wildman–Crippen MR) is 143 cm³/mol. The van der Waals surface area contributed by atoms with Gasteiger partial charge in [0, 0.05) is 26.7 Å². The lowest BCUT2D eigenvalue weighted by atomic mass is 10.1. The van der Waals surface area contributed by atoms with Gasteiger partial charge in [-0.15, -0.1) is 0 Å². The summed E-state index contributed by atoms with van der Waals surface area (Å²) in [6.07, 6.45) is 4.76. The van der Waals surface area contributed by atoms with Crippen LogP contribution < -0.4 is 9.62 Å². The van der Waals surface area contributed by atoms with Gasteiger partial charge in [0.15, 0.2) is 0 Å². The first kappa shape index (κ1) is 28.6. The Hall–Kier alpha value is -2.98. The van der Waals surface area contributed by atoms with Gasteiger partial charge in [0.05, 0.1) is 5.69 Å². The van der Waals surface area contributed by atoms with E-state index in [0.717, 1.165) is 45.9 Å². The Morgan fingerprint density at radius 3 is 2.24 bits per heavy atom. The quantitative estimate of drug-likeness (QED) is 0.454. The Balaban J connectivity index is 1.92. The minimum atomic E-state index is -4.20. The van der Waals surface area contributed by atoms with Crippen molar-refractivity contribution in [2.24, 2.45) is 0 Å². The van der Waals surface area contributed by atoms with Gasteiger partial charge < -0.3 is 10.2 Å². The highest BCUT2D eigenvalue weighted by atomic mass is 32.2. The molecule has 0 saturated heterocycles. The van der Waals surface area contributed by atoms with Gasteiger partial charge in [-0.25, -0.2) is 8.70 Å². The number of para-hydroxylation sites is 1. The number of nitrogens with one attached hydrogen (secondary N) is 1. The molecule has 2 aromatic carbocycles. The SMILES string of the molecule is CCC(C(=O)NC1CCCC1)N(CCc1ccccc1)C(=O)CN(c1ccccc1F)S(=O)(=O)N(C)C. The van der Waals surface area contributed by atoms with Gasteiger partial charge in [-0.1, -0.05) is 62.2 Å². The minimum absolute atomic E-state index is 0.0802. The number of rotatable bonds is 12. The fraction of sp³-hybridized carbons (Fsp3) is 0.481. The summed E-state index contributed by atoms with van der Waals surface area (Å²) >= 11 is 0. The van der Waals surface area contributed by atoms with Crippen molar-refractivity contribution < 1.29 is 22.4 Å². The van der Waals surface area contributed by atoms with Crippen molar-refractivity contribution in [1.29, 1.82) is 0 Å². The number of anilines is 1. The van der Waals surface area contributed by atoms with E-state index in [1.165, 1.54) is 37.2 Å². The molecule has 0 spiro atoms. The lowest BCUT2D eigenvalue weighted by Crippen LogP contribution is -2.55. The average molecular weight is 533 g/mol. The van der Waals surface area contributed by atoms with Crippen molar-refractivity contribution in [2.45, 2.75) is 57.5 Å². The molecule has 0 bridgehead atoms. The van der Waals surface area contributed by atoms with Gasteiger partial charge in [0.25, 0.3) is 0 Å². The van der Waals surface area contributed by atoms with Crippen LogP contribution in [0.25, 0.3) is 0 Å². The lowest BCUT2D eigenvalue weighted by molar-refractivity contribution is -0.139. The molecule has 0 aromatic heterocycles. The number of benzene rings is 2. The molecule has 8 nitrogen and oxygen atoms in total. The van der Waals surface area contributed by atoms with Crippen LogP contribution in [-0.2, 0) is 26.2 Å². The van der Waals surface area contributed by atoms with Crippen LogP contribution in [0.2, 0.25) is 0 Å². The first-order valence-electron chi connectivity index (χ1n) is 12.7. The van der Waals surface area contributed by atoms with E-state index in [9.17, 15) is 22.4 Å². The molecule has 3 rings (SSSR count). The second-order valence-electron chi connectivity index (χ2n) is 9.48. The van der Waals surface area contributed by atoms with E-state index in [-0.39, 0.29) is 24.2 Å². The molecule has 37 heavy (non-hydrogen) atoms. The predicted octanol–water partition coefficient (Wildman–Crippen LogP) is 3.35. The Bertz CT molecular complexity index is 1150. The van der Waals surface area contributed by atoms with E-state index in [1.807, 2.05) is 37.3 Å². The second kappa shape index (κ2) is 13.0. The third-order valence-corrected chi connectivity index (χ3v) is 8.52. The highest BCUT2D eigenvalue weighted by Gasteiger charge is 2.35. The number of carbonyl (C=O) groups is 2.